The summed E-state index contributed by atoms with van der Waals surface area (Å²) in [5.74, 6) is 2.53. The van der Waals surface area contributed by atoms with Crippen molar-refractivity contribution in [2.45, 2.75) is 38.5 Å². The molecule has 4 aliphatic rings. The summed E-state index contributed by atoms with van der Waals surface area (Å²) in [7, 11) is 1.97. The number of carbonyl (C=O) groups is 1. The Labute approximate surface area is 125 Å². The zero-order chi connectivity index (χ0) is 14.4. The molecule has 0 spiro atoms. The quantitative estimate of drug-likeness (QED) is 0.673. The summed E-state index contributed by atoms with van der Waals surface area (Å²) < 4.78 is 1.99. The van der Waals surface area contributed by atoms with E-state index in [9.17, 15) is 4.79 Å². The molecule has 0 atom stereocenters. The number of rotatable bonds is 3. The fraction of sp³-hybridized carbons (Fsp3) is 0.647. The van der Waals surface area contributed by atoms with E-state index in [1.165, 1.54) is 19.3 Å². The van der Waals surface area contributed by atoms with E-state index in [4.69, 9.17) is 0 Å². The molecule has 0 radical (unpaired) electrons. The van der Waals surface area contributed by atoms with Crippen molar-refractivity contribution in [1.82, 2.24) is 9.99 Å². The fourth-order valence-corrected chi connectivity index (χ4v) is 5.27. The van der Waals surface area contributed by atoms with Crippen molar-refractivity contribution in [3.8, 4) is 0 Å². The third-order valence-corrected chi connectivity index (χ3v) is 5.87. The molecule has 4 bridgehead atoms. The van der Waals surface area contributed by atoms with Gasteiger partial charge in [-0.3, -0.25) is 4.79 Å². The van der Waals surface area contributed by atoms with Crippen LogP contribution in [-0.4, -0.2) is 16.7 Å². The molecule has 1 aromatic heterocycles. The van der Waals surface area contributed by atoms with Gasteiger partial charge in [0, 0.05) is 13.2 Å². The Balaban J connectivity index is 1.45. The van der Waals surface area contributed by atoms with E-state index in [1.807, 2.05) is 29.9 Å². The summed E-state index contributed by atoms with van der Waals surface area (Å²) in [6, 6.07) is 3.96. The zero-order valence-corrected chi connectivity index (χ0v) is 12.6. The van der Waals surface area contributed by atoms with E-state index in [-0.39, 0.29) is 11.3 Å². The third kappa shape index (κ3) is 2.21. The van der Waals surface area contributed by atoms with Gasteiger partial charge >= 0.3 is 0 Å². The van der Waals surface area contributed by atoms with Crippen molar-refractivity contribution >= 4 is 12.1 Å². The fourth-order valence-electron chi connectivity index (χ4n) is 5.27. The van der Waals surface area contributed by atoms with Gasteiger partial charge in [0.05, 0.1) is 17.3 Å². The van der Waals surface area contributed by atoms with Crippen molar-refractivity contribution in [3.63, 3.8) is 0 Å². The van der Waals surface area contributed by atoms with Crippen molar-refractivity contribution in [2.24, 2.45) is 35.3 Å². The second kappa shape index (κ2) is 4.72. The first-order valence-electron chi connectivity index (χ1n) is 8.09. The highest BCUT2D eigenvalue weighted by Gasteiger charge is 2.54. The predicted molar refractivity (Wildman–Crippen MR) is 81.8 cm³/mol. The number of hydrogen-bond donors (Lipinski definition) is 1. The van der Waals surface area contributed by atoms with E-state index in [2.05, 4.69) is 10.5 Å². The molecule has 4 fully saturated rings. The van der Waals surface area contributed by atoms with Gasteiger partial charge in [-0.1, -0.05) is 0 Å². The SMILES string of the molecule is Cn1cccc1/C=N\NC(=O)C12CC3CC(CC(C3)C1)C2. The molecule has 1 N–H and O–H groups in total. The molecule has 4 heteroatoms. The van der Waals surface area contributed by atoms with Crippen molar-refractivity contribution in [1.29, 1.82) is 0 Å². The summed E-state index contributed by atoms with van der Waals surface area (Å²) in [5, 5.41) is 4.19. The van der Waals surface area contributed by atoms with Crippen LogP contribution in [0.25, 0.3) is 0 Å². The predicted octanol–water partition coefficient (Wildman–Crippen LogP) is 2.69. The monoisotopic (exact) mass is 285 g/mol. The molecule has 0 aliphatic heterocycles. The number of nitrogens with one attached hydrogen (secondary N) is 1. The third-order valence-electron chi connectivity index (χ3n) is 5.87. The number of aromatic nitrogens is 1. The van der Waals surface area contributed by atoms with E-state index < -0.39 is 0 Å². The number of nitrogens with zero attached hydrogens (tertiary/aromatic N) is 2. The van der Waals surface area contributed by atoms with Gasteiger partial charge in [-0.25, -0.2) is 5.43 Å². The molecular formula is C17H23N3O. The van der Waals surface area contributed by atoms with Gasteiger partial charge in [0.2, 0.25) is 5.91 Å². The lowest BCUT2D eigenvalue weighted by Gasteiger charge is -2.55. The van der Waals surface area contributed by atoms with Gasteiger partial charge in [-0.15, -0.1) is 0 Å². The first kappa shape index (κ1) is 13.1. The van der Waals surface area contributed by atoms with Gasteiger partial charge in [-0.05, 0) is 68.4 Å². The second-order valence-electron chi connectivity index (χ2n) is 7.44. The summed E-state index contributed by atoms with van der Waals surface area (Å²) in [6.45, 7) is 0. The van der Waals surface area contributed by atoms with Gasteiger partial charge in [0.25, 0.3) is 0 Å². The Morgan fingerprint density at radius 3 is 2.43 bits per heavy atom. The molecule has 4 nitrogen and oxygen atoms in total. The van der Waals surface area contributed by atoms with Crippen LogP contribution in [0, 0.1) is 23.2 Å². The zero-order valence-electron chi connectivity index (χ0n) is 12.6. The minimum atomic E-state index is -0.111. The Morgan fingerprint density at radius 2 is 1.90 bits per heavy atom. The minimum absolute atomic E-state index is 0.111. The highest BCUT2D eigenvalue weighted by molar-refractivity contribution is 5.85. The van der Waals surface area contributed by atoms with Crippen LogP contribution in [0.3, 0.4) is 0 Å². The van der Waals surface area contributed by atoms with Gasteiger partial charge in [-0.2, -0.15) is 5.10 Å². The maximum absolute atomic E-state index is 12.7. The molecule has 4 aliphatic carbocycles. The standard InChI is InChI=1S/C17H23N3O/c1-20-4-2-3-15(20)11-18-19-16(21)17-8-12-5-13(9-17)7-14(6-12)10-17/h2-4,11-14H,5-10H2,1H3,(H,19,21)/b18-11-. The summed E-state index contributed by atoms with van der Waals surface area (Å²) in [5.41, 5.74) is 3.71. The number of amides is 1. The average Bonchev–Trinajstić information content (AvgIpc) is 2.83. The minimum Gasteiger partial charge on any atom is -0.350 e. The topological polar surface area (TPSA) is 46.4 Å². The Morgan fingerprint density at radius 1 is 1.29 bits per heavy atom. The van der Waals surface area contributed by atoms with Crippen LogP contribution in [0.2, 0.25) is 0 Å². The van der Waals surface area contributed by atoms with E-state index in [0.717, 1.165) is 42.7 Å². The lowest BCUT2D eigenvalue weighted by Crippen LogP contribution is -2.52. The van der Waals surface area contributed by atoms with Gasteiger partial charge in [0.15, 0.2) is 0 Å². The first-order chi connectivity index (χ1) is 10.1. The molecule has 1 aromatic rings. The molecule has 4 saturated carbocycles. The van der Waals surface area contributed by atoms with Crippen LogP contribution in [0.1, 0.15) is 44.2 Å². The van der Waals surface area contributed by atoms with Crippen LogP contribution in [0.4, 0.5) is 0 Å². The van der Waals surface area contributed by atoms with Crippen molar-refractivity contribution in [3.05, 3.63) is 24.0 Å². The Kier molecular flexibility index (Phi) is 2.95. The molecule has 0 aromatic carbocycles. The lowest BCUT2D eigenvalue weighted by atomic mass is 9.49. The molecule has 0 saturated heterocycles. The lowest BCUT2D eigenvalue weighted by molar-refractivity contribution is -0.146. The summed E-state index contributed by atoms with van der Waals surface area (Å²) in [6.07, 6.45) is 11.1. The summed E-state index contributed by atoms with van der Waals surface area (Å²) in [4.78, 5) is 12.7. The van der Waals surface area contributed by atoms with Crippen LogP contribution in [-0.2, 0) is 11.8 Å². The second-order valence-corrected chi connectivity index (χ2v) is 7.44. The normalized spacial score (nSPS) is 37.3. The number of aryl methyl sites for hydroxylation is 1. The van der Waals surface area contributed by atoms with Gasteiger partial charge < -0.3 is 4.57 Å². The smallest absolute Gasteiger partial charge is 0.246 e. The maximum Gasteiger partial charge on any atom is 0.246 e. The van der Waals surface area contributed by atoms with Crippen LogP contribution in [0.5, 0.6) is 0 Å². The van der Waals surface area contributed by atoms with Crippen LogP contribution >= 0.6 is 0 Å². The molecule has 5 rings (SSSR count). The van der Waals surface area contributed by atoms with E-state index in [0.29, 0.717) is 0 Å². The Hall–Kier alpha value is -1.58. The van der Waals surface area contributed by atoms with Crippen molar-refractivity contribution < 1.29 is 4.79 Å². The number of hydrazone groups is 1. The number of carbonyl (C=O) groups excluding carboxylic acids is 1. The summed E-state index contributed by atoms with van der Waals surface area (Å²) >= 11 is 0. The average molecular weight is 285 g/mol. The molecule has 21 heavy (non-hydrogen) atoms. The Bertz CT molecular complexity index is 551. The highest BCUT2D eigenvalue weighted by Crippen LogP contribution is 2.60. The largest absolute Gasteiger partial charge is 0.350 e. The molecule has 112 valence electrons. The molecule has 1 heterocycles. The first-order valence-corrected chi connectivity index (χ1v) is 8.09. The van der Waals surface area contributed by atoms with Crippen LogP contribution in [0.15, 0.2) is 23.4 Å². The maximum atomic E-state index is 12.7. The van der Waals surface area contributed by atoms with Gasteiger partial charge in [0.1, 0.15) is 0 Å². The van der Waals surface area contributed by atoms with Crippen LogP contribution < -0.4 is 5.43 Å². The molecular weight excluding hydrogens is 262 g/mol. The van der Waals surface area contributed by atoms with E-state index >= 15 is 0 Å². The number of hydrogen-bond acceptors (Lipinski definition) is 2. The molecule has 0 unspecified atom stereocenters. The van der Waals surface area contributed by atoms with E-state index in [1.54, 1.807) is 6.21 Å². The highest BCUT2D eigenvalue weighted by atomic mass is 16.2. The molecule has 1 amide bonds. The van der Waals surface area contributed by atoms with Crippen molar-refractivity contribution in [2.75, 3.05) is 0 Å².